The number of unbranched alkanes of at least 4 members (excludes halogenated alkanes) is 10. The third-order valence-corrected chi connectivity index (χ3v) is 4.94. The van der Waals surface area contributed by atoms with Gasteiger partial charge in [0.25, 0.3) is 0 Å². The van der Waals surface area contributed by atoms with E-state index in [4.69, 9.17) is 0 Å². The number of aliphatic hydroxyl groups is 2. The molecule has 0 aromatic rings. The average Bonchev–Trinajstić information content (AvgIpc) is 2.69. The Bertz CT molecular complexity index is 407. The SMILES string of the molecule is CCCCC/C=C/CC/C=C/C(O)C(CO)NC(=O)CCCCCCCCC. The normalized spacial score (nSPS) is 14.0. The second-order valence-corrected chi connectivity index (χ2v) is 7.69. The van der Waals surface area contributed by atoms with E-state index in [0.717, 1.165) is 32.1 Å². The van der Waals surface area contributed by atoms with E-state index in [1.807, 2.05) is 6.08 Å². The van der Waals surface area contributed by atoms with Crippen LogP contribution < -0.4 is 5.32 Å². The Morgan fingerprint density at radius 2 is 1.39 bits per heavy atom. The fourth-order valence-corrected chi connectivity index (χ4v) is 3.07. The van der Waals surface area contributed by atoms with Crippen molar-refractivity contribution in [1.29, 1.82) is 0 Å². The molecule has 0 bridgehead atoms. The zero-order valence-corrected chi connectivity index (χ0v) is 18.4. The summed E-state index contributed by atoms with van der Waals surface area (Å²) >= 11 is 0. The number of hydrogen-bond acceptors (Lipinski definition) is 3. The standard InChI is InChI=1S/C24H45NO3/c1-3-5-7-9-11-12-14-15-17-19-23(27)22(21-26)25-24(28)20-18-16-13-10-8-6-4-2/h11-12,17,19,22-23,26-27H,3-10,13-16,18,20-21H2,1-2H3,(H,25,28)/b12-11+,19-17+. The summed E-state index contributed by atoms with van der Waals surface area (Å²) in [4.78, 5) is 12.0. The summed E-state index contributed by atoms with van der Waals surface area (Å²) in [5.74, 6) is -0.0879. The van der Waals surface area contributed by atoms with E-state index < -0.39 is 12.1 Å². The summed E-state index contributed by atoms with van der Waals surface area (Å²) in [5, 5.41) is 22.4. The lowest BCUT2D eigenvalue weighted by Gasteiger charge is -2.19. The van der Waals surface area contributed by atoms with E-state index in [1.54, 1.807) is 6.08 Å². The highest BCUT2D eigenvalue weighted by molar-refractivity contribution is 5.76. The maximum Gasteiger partial charge on any atom is 0.220 e. The second kappa shape index (κ2) is 20.6. The predicted molar refractivity (Wildman–Crippen MR) is 119 cm³/mol. The number of amides is 1. The molecule has 0 aliphatic carbocycles. The Labute approximate surface area is 173 Å². The van der Waals surface area contributed by atoms with E-state index in [0.29, 0.717) is 6.42 Å². The average molecular weight is 396 g/mol. The van der Waals surface area contributed by atoms with Gasteiger partial charge in [-0.05, 0) is 32.1 Å². The van der Waals surface area contributed by atoms with Crippen LogP contribution >= 0.6 is 0 Å². The van der Waals surface area contributed by atoms with Crippen LogP contribution in [0.4, 0.5) is 0 Å². The Hall–Kier alpha value is -1.13. The number of rotatable bonds is 19. The number of nitrogens with one attached hydrogen (secondary N) is 1. The van der Waals surface area contributed by atoms with Gasteiger partial charge < -0.3 is 15.5 Å². The number of carbonyl (C=O) groups excluding carboxylic acids is 1. The molecule has 164 valence electrons. The van der Waals surface area contributed by atoms with Gasteiger partial charge in [-0.2, -0.15) is 0 Å². The molecular weight excluding hydrogens is 350 g/mol. The van der Waals surface area contributed by atoms with Crippen LogP contribution in [-0.2, 0) is 4.79 Å². The maximum absolute atomic E-state index is 12.0. The van der Waals surface area contributed by atoms with E-state index in [9.17, 15) is 15.0 Å². The molecule has 0 aliphatic heterocycles. The van der Waals surface area contributed by atoms with Gasteiger partial charge in [0.05, 0.1) is 18.8 Å². The first-order chi connectivity index (χ1) is 13.7. The number of allylic oxidation sites excluding steroid dienone is 3. The van der Waals surface area contributed by atoms with Crippen molar-refractivity contribution in [3.63, 3.8) is 0 Å². The molecule has 0 aromatic heterocycles. The fourth-order valence-electron chi connectivity index (χ4n) is 3.07. The smallest absolute Gasteiger partial charge is 0.220 e. The van der Waals surface area contributed by atoms with E-state index in [-0.39, 0.29) is 12.5 Å². The first-order valence-electron chi connectivity index (χ1n) is 11.6. The largest absolute Gasteiger partial charge is 0.394 e. The summed E-state index contributed by atoms with van der Waals surface area (Å²) < 4.78 is 0. The van der Waals surface area contributed by atoms with Crippen molar-refractivity contribution in [3.05, 3.63) is 24.3 Å². The lowest BCUT2D eigenvalue weighted by Crippen LogP contribution is -2.45. The molecular formula is C24H45NO3. The predicted octanol–water partition coefficient (Wildman–Crippen LogP) is 5.44. The van der Waals surface area contributed by atoms with Crippen LogP contribution in [0.5, 0.6) is 0 Å². The molecule has 28 heavy (non-hydrogen) atoms. The minimum absolute atomic E-state index is 0.0879. The highest BCUT2D eigenvalue weighted by atomic mass is 16.3. The Morgan fingerprint density at radius 3 is 2.07 bits per heavy atom. The highest BCUT2D eigenvalue weighted by Crippen LogP contribution is 2.09. The molecule has 0 aliphatic rings. The van der Waals surface area contributed by atoms with Crippen molar-refractivity contribution in [3.8, 4) is 0 Å². The molecule has 0 saturated carbocycles. The van der Waals surface area contributed by atoms with Crippen molar-refractivity contribution >= 4 is 5.91 Å². The number of carbonyl (C=O) groups is 1. The van der Waals surface area contributed by atoms with Crippen LogP contribution in [0.3, 0.4) is 0 Å². The maximum atomic E-state index is 12.0. The van der Waals surface area contributed by atoms with Gasteiger partial charge in [0, 0.05) is 6.42 Å². The van der Waals surface area contributed by atoms with Crippen LogP contribution in [0.25, 0.3) is 0 Å². The van der Waals surface area contributed by atoms with Gasteiger partial charge in [-0.25, -0.2) is 0 Å². The monoisotopic (exact) mass is 395 g/mol. The topological polar surface area (TPSA) is 69.6 Å². The third kappa shape index (κ3) is 17.0. The van der Waals surface area contributed by atoms with Crippen molar-refractivity contribution in [2.45, 2.75) is 116 Å². The van der Waals surface area contributed by atoms with Gasteiger partial charge in [-0.1, -0.05) is 89.5 Å². The van der Waals surface area contributed by atoms with Crippen molar-refractivity contribution in [2.75, 3.05) is 6.61 Å². The molecule has 0 radical (unpaired) electrons. The molecule has 0 heterocycles. The van der Waals surface area contributed by atoms with Gasteiger partial charge in [0.2, 0.25) is 5.91 Å². The zero-order valence-electron chi connectivity index (χ0n) is 18.4. The van der Waals surface area contributed by atoms with Crippen LogP contribution in [0.15, 0.2) is 24.3 Å². The van der Waals surface area contributed by atoms with Gasteiger partial charge in [-0.15, -0.1) is 0 Å². The van der Waals surface area contributed by atoms with Crippen LogP contribution in [0, 0.1) is 0 Å². The Balaban J connectivity index is 3.88. The minimum atomic E-state index is -0.850. The van der Waals surface area contributed by atoms with Gasteiger partial charge in [-0.3, -0.25) is 4.79 Å². The van der Waals surface area contributed by atoms with Gasteiger partial charge in [0.15, 0.2) is 0 Å². The zero-order chi connectivity index (χ0) is 20.9. The number of hydrogen-bond donors (Lipinski definition) is 3. The molecule has 0 fully saturated rings. The fraction of sp³-hybridized carbons (Fsp3) is 0.792. The minimum Gasteiger partial charge on any atom is -0.394 e. The molecule has 2 atom stereocenters. The van der Waals surface area contributed by atoms with E-state index in [1.165, 1.54) is 51.4 Å². The highest BCUT2D eigenvalue weighted by Gasteiger charge is 2.17. The summed E-state index contributed by atoms with van der Waals surface area (Å²) in [6, 6.07) is -0.627. The Kier molecular flexibility index (Phi) is 19.8. The lowest BCUT2D eigenvalue weighted by molar-refractivity contribution is -0.123. The molecule has 2 unspecified atom stereocenters. The van der Waals surface area contributed by atoms with Crippen molar-refractivity contribution in [2.24, 2.45) is 0 Å². The summed E-state index contributed by atoms with van der Waals surface area (Å²) in [6.45, 7) is 4.15. The van der Waals surface area contributed by atoms with E-state index >= 15 is 0 Å². The van der Waals surface area contributed by atoms with E-state index in [2.05, 4.69) is 31.3 Å². The summed E-state index contributed by atoms with van der Waals surface area (Å²) in [6.07, 6.45) is 22.5. The van der Waals surface area contributed by atoms with Gasteiger partial charge in [0.1, 0.15) is 0 Å². The molecule has 4 nitrogen and oxygen atoms in total. The molecule has 3 N–H and O–H groups in total. The third-order valence-electron chi connectivity index (χ3n) is 4.94. The molecule has 0 spiro atoms. The first kappa shape index (κ1) is 26.9. The quantitative estimate of drug-likeness (QED) is 0.201. The molecule has 4 heteroatoms. The number of aliphatic hydroxyl groups excluding tert-OH is 2. The Morgan fingerprint density at radius 1 is 0.821 bits per heavy atom. The summed E-state index contributed by atoms with van der Waals surface area (Å²) in [5.41, 5.74) is 0. The van der Waals surface area contributed by atoms with Crippen LogP contribution in [-0.4, -0.2) is 34.9 Å². The van der Waals surface area contributed by atoms with Crippen molar-refractivity contribution in [1.82, 2.24) is 5.32 Å². The van der Waals surface area contributed by atoms with Crippen LogP contribution in [0.2, 0.25) is 0 Å². The molecule has 0 rings (SSSR count). The lowest BCUT2D eigenvalue weighted by atomic mass is 10.1. The second-order valence-electron chi connectivity index (χ2n) is 7.69. The van der Waals surface area contributed by atoms with Gasteiger partial charge >= 0.3 is 0 Å². The first-order valence-corrected chi connectivity index (χ1v) is 11.6. The summed E-state index contributed by atoms with van der Waals surface area (Å²) in [7, 11) is 0. The van der Waals surface area contributed by atoms with Crippen LogP contribution in [0.1, 0.15) is 104 Å². The van der Waals surface area contributed by atoms with Crippen molar-refractivity contribution < 1.29 is 15.0 Å². The molecule has 0 saturated heterocycles. The molecule has 0 aromatic carbocycles. The molecule has 1 amide bonds.